The van der Waals surface area contributed by atoms with Crippen LogP contribution in [0.1, 0.15) is 13.3 Å². The van der Waals surface area contributed by atoms with Crippen LogP contribution in [0.4, 0.5) is 13.2 Å². The van der Waals surface area contributed by atoms with Crippen molar-refractivity contribution >= 4 is 23.9 Å². The number of rotatable bonds is 12. The Morgan fingerprint density at radius 3 is 2.17 bits per heavy atom. The molecule has 0 fully saturated rings. The smallest absolute Gasteiger partial charge is 0.422 e. The van der Waals surface area contributed by atoms with Crippen LogP contribution in [0.15, 0.2) is 24.8 Å². The lowest BCUT2D eigenvalue weighted by Gasteiger charge is -2.25. The number of carbonyl (C=O) groups excluding carboxylic acids is 4. The predicted octanol–water partition coefficient (Wildman–Crippen LogP) is 1.26. The van der Waals surface area contributed by atoms with Crippen LogP contribution in [0.2, 0.25) is 0 Å². The van der Waals surface area contributed by atoms with Crippen molar-refractivity contribution < 1.29 is 56.0 Å². The fraction of sp³-hybridized carbons (Fsp3) is 0.529. The van der Waals surface area contributed by atoms with Gasteiger partial charge < -0.3 is 23.7 Å². The third kappa shape index (κ3) is 10.9. The van der Waals surface area contributed by atoms with Crippen LogP contribution in [0.3, 0.4) is 0 Å². The largest absolute Gasteiger partial charge is 0.466 e. The molecule has 0 saturated carbocycles. The molecule has 0 spiro atoms. The van der Waals surface area contributed by atoms with Crippen molar-refractivity contribution in [2.75, 3.05) is 33.5 Å². The van der Waals surface area contributed by atoms with Crippen molar-refractivity contribution in [1.29, 1.82) is 0 Å². The maximum absolute atomic E-state index is 12.1. The normalized spacial score (nSPS) is 12.9. The molecule has 0 heterocycles. The zero-order valence-electron chi connectivity index (χ0n) is 15.8. The van der Waals surface area contributed by atoms with Gasteiger partial charge in [0.2, 0.25) is 5.60 Å². The van der Waals surface area contributed by atoms with E-state index in [9.17, 15) is 32.3 Å². The van der Waals surface area contributed by atoms with Gasteiger partial charge in [0, 0.05) is 0 Å². The van der Waals surface area contributed by atoms with Crippen molar-refractivity contribution in [3.05, 3.63) is 24.8 Å². The number of hydrogen-bond acceptors (Lipinski definition) is 9. The minimum absolute atomic E-state index is 0.119. The summed E-state index contributed by atoms with van der Waals surface area (Å²) in [5, 5.41) is 0. The molecule has 0 amide bonds. The summed E-state index contributed by atoms with van der Waals surface area (Å²) in [5.41, 5.74) is -2.42. The Morgan fingerprint density at radius 1 is 1.03 bits per heavy atom. The van der Waals surface area contributed by atoms with Crippen molar-refractivity contribution in [2.24, 2.45) is 0 Å². The lowest BCUT2D eigenvalue weighted by molar-refractivity contribution is -0.196. The maximum atomic E-state index is 12.1. The molecule has 0 aromatic carbocycles. The molecule has 0 N–H and O–H groups in total. The second kappa shape index (κ2) is 11.8. The lowest BCUT2D eigenvalue weighted by Crippen LogP contribution is -2.44. The molecule has 12 heteroatoms. The molecule has 0 aromatic rings. The standard InChI is InChI=1S/C17H21F3O9/c1-5-6-26-8-11(2)14(23)27-9-13(22)29-16(3,15(24)25-4)7-12(21)28-10-17(18,19)20/h5H,1-2,6-10H2,3-4H3. The number of carbonyl (C=O) groups is 4. The number of esters is 4. The molecule has 0 aromatic heterocycles. The van der Waals surface area contributed by atoms with E-state index in [0.29, 0.717) is 0 Å². The molecule has 164 valence electrons. The fourth-order valence-corrected chi connectivity index (χ4v) is 1.69. The van der Waals surface area contributed by atoms with Gasteiger partial charge in [-0.15, -0.1) is 6.58 Å². The summed E-state index contributed by atoms with van der Waals surface area (Å²) in [4.78, 5) is 46.9. The quantitative estimate of drug-likeness (QED) is 0.150. The Kier molecular flexibility index (Phi) is 10.7. The Labute approximate surface area is 164 Å². The SMILES string of the molecule is C=CCOCC(=C)C(=O)OCC(=O)OC(C)(CC(=O)OCC(F)(F)F)C(=O)OC. The Bertz CT molecular complexity index is 643. The fourth-order valence-electron chi connectivity index (χ4n) is 1.69. The van der Waals surface area contributed by atoms with Gasteiger partial charge in [-0.2, -0.15) is 13.2 Å². The van der Waals surface area contributed by atoms with Crippen molar-refractivity contribution in [3.8, 4) is 0 Å². The first-order valence-corrected chi connectivity index (χ1v) is 7.90. The van der Waals surface area contributed by atoms with Crippen LogP contribution in [0, 0.1) is 0 Å². The van der Waals surface area contributed by atoms with Crippen molar-refractivity contribution in [2.45, 2.75) is 25.1 Å². The van der Waals surface area contributed by atoms with Gasteiger partial charge in [0.15, 0.2) is 13.2 Å². The zero-order valence-corrected chi connectivity index (χ0v) is 15.8. The van der Waals surface area contributed by atoms with E-state index >= 15 is 0 Å². The first-order chi connectivity index (χ1) is 13.3. The second-order valence-corrected chi connectivity index (χ2v) is 5.63. The Balaban J connectivity index is 4.80. The highest BCUT2D eigenvalue weighted by Crippen LogP contribution is 2.21. The molecular formula is C17H21F3O9. The van der Waals surface area contributed by atoms with Gasteiger partial charge in [-0.1, -0.05) is 12.7 Å². The monoisotopic (exact) mass is 426 g/mol. The van der Waals surface area contributed by atoms with E-state index in [1.807, 2.05) is 0 Å². The minimum Gasteiger partial charge on any atom is -0.466 e. The van der Waals surface area contributed by atoms with Crippen LogP contribution in [0.5, 0.6) is 0 Å². The minimum atomic E-state index is -4.78. The van der Waals surface area contributed by atoms with Crippen LogP contribution < -0.4 is 0 Å². The predicted molar refractivity (Wildman–Crippen MR) is 89.3 cm³/mol. The molecule has 0 aliphatic rings. The average molecular weight is 426 g/mol. The van der Waals surface area contributed by atoms with Gasteiger partial charge in [0.05, 0.1) is 32.3 Å². The number of hydrogen-bond donors (Lipinski definition) is 0. The van der Waals surface area contributed by atoms with E-state index in [-0.39, 0.29) is 18.8 Å². The van der Waals surface area contributed by atoms with Gasteiger partial charge in [-0.05, 0) is 6.92 Å². The van der Waals surface area contributed by atoms with Gasteiger partial charge >= 0.3 is 30.1 Å². The molecule has 0 radical (unpaired) electrons. The topological polar surface area (TPSA) is 114 Å². The van der Waals surface area contributed by atoms with E-state index in [1.54, 1.807) is 0 Å². The summed E-state index contributed by atoms with van der Waals surface area (Å²) in [6.07, 6.45) is -4.40. The third-order valence-corrected chi connectivity index (χ3v) is 2.96. The molecule has 0 aliphatic carbocycles. The number of halogens is 3. The summed E-state index contributed by atoms with van der Waals surface area (Å²) in [6, 6.07) is 0. The molecule has 9 nitrogen and oxygen atoms in total. The van der Waals surface area contributed by atoms with Gasteiger partial charge in [-0.3, -0.25) is 4.79 Å². The van der Waals surface area contributed by atoms with Crippen LogP contribution in [-0.4, -0.2) is 69.2 Å². The number of methoxy groups -OCH3 is 1. The third-order valence-electron chi connectivity index (χ3n) is 2.96. The lowest BCUT2D eigenvalue weighted by atomic mass is 10.0. The zero-order chi connectivity index (χ0) is 22.7. The highest BCUT2D eigenvalue weighted by molar-refractivity contribution is 5.91. The molecule has 0 bridgehead atoms. The van der Waals surface area contributed by atoms with E-state index in [0.717, 1.165) is 14.0 Å². The summed E-state index contributed by atoms with van der Waals surface area (Å²) < 4.78 is 59.0. The van der Waals surface area contributed by atoms with Crippen molar-refractivity contribution in [3.63, 3.8) is 0 Å². The molecule has 1 unspecified atom stereocenters. The highest BCUT2D eigenvalue weighted by atomic mass is 19.4. The van der Waals surface area contributed by atoms with E-state index in [4.69, 9.17) is 9.47 Å². The summed E-state index contributed by atoms with van der Waals surface area (Å²) >= 11 is 0. The number of ether oxygens (including phenoxy) is 5. The summed E-state index contributed by atoms with van der Waals surface area (Å²) in [6.45, 7) is 4.82. The highest BCUT2D eigenvalue weighted by Gasteiger charge is 2.42. The summed E-state index contributed by atoms with van der Waals surface area (Å²) in [5.74, 6) is -4.96. The first kappa shape index (κ1) is 26.1. The maximum Gasteiger partial charge on any atom is 0.422 e. The van der Waals surface area contributed by atoms with Crippen LogP contribution >= 0.6 is 0 Å². The van der Waals surface area contributed by atoms with Crippen molar-refractivity contribution in [1.82, 2.24) is 0 Å². The van der Waals surface area contributed by atoms with Gasteiger partial charge in [-0.25, -0.2) is 14.4 Å². The van der Waals surface area contributed by atoms with Crippen LogP contribution in [-0.2, 0) is 42.9 Å². The van der Waals surface area contributed by atoms with E-state index in [2.05, 4.69) is 27.4 Å². The van der Waals surface area contributed by atoms with Gasteiger partial charge in [0.1, 0.15) is 0 Å². The van der Waals surface area contributed by atoms with Crippen LogP contribution in [0.25, 0.3) is 0 Å². The first-order valence-electron chi connectivity index (χ1n) is 7.90. The molecule has 0 rings (SSSR count). The Morgan fingerprint density at radius 2 is 1.66 bits per heavy atom. The molecule has 0 saturated heterocycles. The molecule has 29 heavy (non-hydrogen) atoms. The van der Waals surface area contributed by atoms with Gasteiger partial charge in [0.25, 0.3) is 0 Å². The number of alkyl halides is 3. The van der Waals surface area contributed by atoms with E-state index < -0.39 is 55.3 Å². The summed E-state index contributed by atoms with van der Waals surface area (Å²) in [7, 11) is 0.905. The second-order valence-electron chi connectivity index (χ2n) is 5.63. The average Bonchev–Trinajstić information content (AvgIpc) is 2.63. The molecular weight excluding hydrogens is 405 g/mol. The molecule has 0 aliphatic heterocycles. The molecule has 1 atom stereocenters. The van der Waals surface area contributed by atoms with E-state index in [1.165, 1.54) is 6.08 Å². The Hall–Kier alpha value is -2.89.